The van der Waals surface area contributed by atoms with Crippen LogP contribution < -0.4 is 21.3 Å². The van der Waals surface area contributed by atoms with Crippen LogP contribution in [0, 0.1) is 0 Å². The normalized spacial score (nSPS) is 12.8. The highest BCUT2D eigenvalue weighted by molar-refractivity contribution is 8.00. The molecule has 2 nitrogen and oxygen atoms in total. The van der Waals surface area contributed by atoms with Crippen LogP contribution in [0.1, 0.15) is 26.3 Å². The van der Waals surface area contributed by atoms with Gasteiger partial charge in [0.05, 0.1) is 16.7 Å². The molecular formula is C64H47BN2S. The van der Waals surface area contributed by atoms with Crippen molar-refractivity contribution in [1.29, 1.82) is 0 Å². The van der Waals surface area contributed by atoms with Gasteiger partial charge in [0.25, 0.3) is 0 Å². The summed E-state index contributed by atoms with van der Waals surface area (Å²) in [6.45, 7) is 6.91. The van der Waals surface area contributed by atoms with Crippen molar-refractivity contribution in [3.05, 3.63) is 236 Å². The molecule has 0 saturated carbocycles. The van der Waals surface area contributed by atoms with Gasteiger partial charge >= 0.3 is 0 Å². The van der Waals surface area contributed by atoms with E-state index in [1.54, 1.807) is 0 Å². The number of hydrogen-bond donors (Lipinski definition) is 0. The maximum absolute atomic E-state index is 2.63. The van der Waals surface area contributed by atoms with Gasteiger partial charge in [-0.3, -0.25) is 0 Å². The van der Waals surface area contributed by atoms with E-state index < -0.39 is 0 Å². The highest BCUT2D eigenvalue weighted by Crippen LogP contribution is 2.50. The molecule has 2 aliphatic heterocycles. The smallest absolute Gasteiger partial charge is 0.249 e. The topological polar surface area (TPSA) is 8.17 Å². The fourth-order valence-electron chi connectivity index (χ4n) is 10.9. The van der Waals surface area contributed by atoms with Crippen LogP contribution in [0.15, 0.2) is 240 Å². The monoisotopic (exact) mass is 886 g/mol. The second-order valence-electron chi connectivity index (χ2n) is 19.3. The van der Waals surface area contributed by atoms with Gasteiger partial charge in [0.15, 0.2) is 0 Å². The number of aromatic nitrogens is 1. The van der Waals surface area contributed by atoms with Crippen molar-refractivity contribution in [1.82, 2.24) is 4.57 Å². The summed E-state index contributed by atoms with van der Waals surface area (Å²) < 4.78 is 2.54. The lowest BCUT2D eigenvalue weighted by atomic mass is 9.34. The molecule has 0 aliphatic carbocycles. The Hall–Kier alpha value is -7.79. The molecule has 1 aromatic heterocycles. The van der Waals surface area contributed by atoms with E-state index in [-0.39, 0.29) is 12.1 Å². The molecule has 10 aromatic carbocycles. The number of nitrogens with zero attached hydrogens (tertiary/aromatic N) is 2. The van der Waals surface area contributed by atoms with Gasteiger partial charge < -0.3 is 9.47 Å². The minimum Gasteiger partial charge on any atom is -0.310 e. The number of benzene rings is 10. The number of hydrogen-bond acceptors (Lipinski definition) is 2. The summed E-state index contributed by atoms with van der Waals surface area (Å²) in [6, 6.07) is 86.0. The predicted molar refractivity (Wildman–Crippen MR) is 291 cm³/mol. The molecular weight excluding hydrogens is 840 g/mol. The first-order valence-corrected chi connectivity index (χ1v) is 24.5. The Labute approximate surface area is 403 Å². The lowest BCUT2D eigenvalue weighted by Crippen LogP contribution is -2.60. The Morgan fingerprint density at radius 1 is 0.397 bits per heavy atom. The average Bonchev–Trinajstić information content (AvgIpc) is 3.72. The third kappa shape index (κ3) is 6.58. The average molecular weight is 887 g/mol. The first-order valence-electron chi connectivity index (χ1n) is 23.7. The van der Waals surface area contributed by atoms with Crippen LogP contribution in [0.2, 0.25) is 0 Å². The van der Waals surface area contributed by atoms with Crippen LogP contribution in [-0.2, 0) is 5.41 Å². The predicted octanol–water partition coefficient (Wildman–Crippen LogP) is 15.5. The highest BCUT2D eigenvalue weighted by Gasteiger charge is 2.43. The van der Waals surface area contributed by atoms with Crippen LogP contribution in [-0.4, -0.2) is 11.3 Å². The molecule has 3 heterocycles. The van der Waals surface area contributed by atoms with E-state index >= 15 is 0 Å². The van der Waals surface area contributed by atoms with E-state index in [0.29, 0.717) is 0 Å². The second kappa shape index (κ2) is 15.9. The Balaban J connectivity index is 1.17. The molecule has 13 rings (SSSR count). The van der Waals surface area contributed by atoms with Gasteiger partial charge in [0.2, 0.25) is 6.71 Å². The molecule has 2 aliphatic rings. The standard InChI is InChI=1S/C64H47BN2S/c1-64(2,3)48-33-34-53-52-27-16-17-30-56(52)66(58(53)39-48)49-40-59-62-61(41-49)68-60-36-32-47(43-21-10-5-11-22-43)38-55(60)65(62)54-37-46(42-19-8-4-9-20-42)31-35-57(54)67(59)63-50(44-23-12-6-13-24-44)28-18-29-51(63)45-25-14-7-15-26-45/h4-41H,1-3H3. The SMILES string of the molecule is CC(C)(C)c1ccc2c3ccccc3n(-c3cc4c5c(c3)N(c3c(-c6ccccc6)cccc3-c3ccccc3)c3ccc(-c6ccccc6)cc3B5c3cc(-c5ccccc5)ccc3S4)c2c1. The first-order chi connectivity index (χ1) is 33.4. The minimum atomic E-state index is -0.0291. The molecule has 0 radical (unpaired) electrons. The second-order valence-corrected chi connectivity index (χ2v) is 20.4. The van der Waals surface area contributed by atoms with Crippen molar-refractivity contribution < 1.29 is 0 Å². The van der Waals surface area contributed by atoms with E-state index in [1.165, 1.54) is 115 Å². The van der Waals surface area contributed by atoms with Gasteiger partial charge in [0.1, 0.15) is 0 Å². The summed E-state index contributed by atoms with van der Waals surface area (Å²) in [5, 5.41) is 2.52. The number of anilines is 3. The molecule has 0 bridgehead atoms. The summed E-state index contributed by atoms with van der Waals surface area (Å²) in [4.78, 5) is 5.20. The van der Waals surface area contributed by atoms with Crippen LogP contribution >= 0.6 is 11.8 Å². The van der Waals surface area contributed by atoms with E-state index in [4.69, 9.17) is 0 Å². The zero-order valence-electron chi connectivity index (χ0n) is 38.3. The maximum atomic E-state index is 2.63. The van der Waals surface area contributed by atoms with E-state index in [2.05, 4.69) is 261 Å². The number of para-hydroxylation sites is 2. The van der Waals surface area contributed by atoms with Crippen LogP contribution in [0.3, 0.4) is 0 Å². The van der Waals surface area contributed by atoms with Crippen LogP contribution in [0.4, 0.5) is 17.1 Å². The third-order valence-corrected chi connectivity index (χ3v) is 15.3. The van der Waals surface area contributed by atoms with E-state index in [0.717, 1.165) is 5.69 Å². The quantitative estimate of drug-likeness (QED) is 0.154. The summed E-state index contributed by atoms with van der Waals surface area (Å²) in [7, 11) is 0. The van der Waals surface area contributed by atoms with Gasteiger partial charge in [-0.2, -0.15) is 0 Å². The van der Waals surface area contributed by atoms with E-state index in [9.17, 15) is 0 Å². The summed E-state index contributed by atoms with van der Waals surface area (Å²) in [5.74, 6) is 0. The molecule has 0 fully saturated rings. The van der Waals surface area contributed by atoms with Gasteiger partial charge in [-0.25, -0.2) is 0 Å². The number of rotatable bonds is 6. The fraction of sp³-hybridized carbons (Fsp3) is 0.0625. The molecule has 0 N–H and O–H groups in total. The Bertz CT molecular complexity index is 3680. The zero-order chi connectivity index (χ0) is 45.5. The molecule has 0 saturated heterocycles. The Kier molecular flexibility index (Phi) is 9.49. The van der Waals surface area contributed by atoms with E-state index in [1.807, 2.05) is 11.8 Å². The Morgan fingerprint density at radius 3 is 1.59 bits per heavy atom. The van der Waals surface area contributed by atoms with Crippen LogP contribution in [0.25, 0.3) is 72.0 Å². The van der Waals surface area contributed by atoms with Crippen molar-refractivity contribution in [2.24, 2.45) is 0 Å². The van der Waals surface area contributed by atoms with Gasteiger partial charge in [-0.1, -0.05) is 232 Å². The van der Waals surface area contributed by atoms with Crippen molar-refractivity contribution in [2.75, 3.05) is 4.90 Å². The van der Waals surface area contributed by atoms with Crippen molar-refractivity contribution in [3.63, 3.8) is 0 Å². The maximum Gasteiger partial charge on any atom is 0.249 e. The van der Waals surface area contributed by atoms with Gasteiger partial charge in [0, 0.05) is 48.8 Å². The molecule has 0 spiro atoms. The molecule has 11 aromatic rings. The summed E-state index contributed by atoms with van der Waals surface area (Å²) >= 11 is 1.92. The molecule has 0 unspecified atom stereocenters. The van der Waals surface area contributed by atoms with Gasteiger partial charge in [-0.05, 0) is 91.7 Å². The first kappa shape index (κ1) is 40.5. The summed E-state index contributed by atoms with van der Waals surface area (Å²) in [5.41, 5.74) is 22.0. The van der Waals surface area contributed by atoms with Crippen LogP contribution in [0.5, 0.6) is 0 Å². The van der Waals surface area contributed by atoms with Gasteiger partial charge in [-0.15, -0.1) is 0 Å². The van der Waals surface area contributed by atoms with Crippen molar-refractivity contribution in [3.8, 4) is 50.2 Å². The number of fused-ring (bicyclic) bond motifs is 7. The zero-order valence-corrected chi connectivity index (χ0v) is 39.1. The fourth-order valence-corrected chi connectivity index (χ4v) is 12.1. The molecule has 322 valence electrons. The highest BCUT2D eigenvalue weighted by atomic mass is 32.2. The molecule has 68 heavy (non-hydrogen) atoms. The summed E-state index contributed by atoms with van der Waals surface area (Å²) in [6.07, 6.45) is 0. The minimum absolute atomic E-state index is 0.0171. The van der Waals surface area contributed by atoms with Crippen molar-refractivity contribution in [2.45, 2.75) is 36.0 Å². The lowest BCUT2D eigenvalue weighted by Gasteiger charge is -2.42. The third-order valence-electron chi connectivity index (χ3n) is 14.2. The lowest BCUT2D eigenvalue weighted by molar-refractivity contribution is 0.591. The largest absolute Gasteiger partial charge is 0.310 e. The molecule has 4 heteroatoms. The Morgan fingerprint density at radius 2 is 0.956 bits per heavy atom. The molecule has 0 atom stereocenters. The van der Waals surface area contributed by atoms with Crippen molar-refractivity contribution >= 4 is 73.7 Å². The molecule has 0 amide bonds.